The van der Waals surface area contributed by atoms with Gasteiger partial charge in [-0.2, -0.15) is 0 Å². The summed E-state index contributed by atoms with van der Waals surface area (Å²) in [4.78, 5) is 13.5. The van der Waals surface area contributed by atoms with Crippen molar-refractivity contribution in [1.82, 2.24) is 0 Å². The van der Waals surface area contributed by atoms with Gasteiger partial charge < -0.3 is 10.8 Å². The minimum atomic E-state index is -0.954. The third-order valence-electron chi connectivity index (χ3n) is 2.95. The number of rotatable bonds is 4. The Bertz CT molecular complexity index is 603. The number of anilines is 1. The summed E-state index contributed by atoms with van der Waals surface area (Å²) in [6.45, 7) is 1.99. The molecule has 1 aromatic carbocycles. The van der Waals surface area contributed by atoms with Gasteiger partial charge in [0, 0.05) is 9.77 Å². The van der Waals surface area contributed by atoms with Crippen LogP contribution in [0.15, 0.2) is 29.2 Å². The molecule has 0 unspecified atom stereocenters. The largest absolute Gasteiger partial charge is 0.477 e. The molecule has 0 aliphatic heterocycles. The smallest absolute Gasteiger partial charge is 0.348 e. The third-order valence-corrected chi connectivity index (χ3v) is 4.98. The number of nitrogens with two attached hydrogens (primary N) is 1. The molecule has 3 N–H and O–H groups in total. The average molecular weight is 293 g/mol. The van der Waals surface area contributed by atoms with Gasteiger partial charge >= 0.3 is 5.97 Å². The zero-order valence-corrected chi connectivity index (χ0v) is 12.4. The summed E-state index contributed by atoms with van der Waals surface area (Å²) < 4.78 is 0. The topological polar surface area (TPSA) is 63.3 Å². The molecule has 0 amide bonds. The highest BCUT2D eigenvalue weighted by molar-refractivity contribution is 7.98. The van der Waals surface area contributed by atoms with E-state index >= 15 is 0 Å². The van der Waals surface area contributed by atoms with E-state index in [2.05, 4.69) is 0 Å². The van der Waals surface area contributed by atoms with E-state index in [0.717, 1.165) is 22.4 Å². The predicted octanol–water partition coefficient (Wildman–Crippen LogP) is 3.98. The molecule has 0 fully saturated rings. The summed E-state index contributed by atoms with van der Waals surface area (Å²) in [6.07, 6.45) is 2.76. The maximum absolute atomic E-state index is 11.2. The molecule has 0 bridgehead atoms. The fourth-order valence-electron chi connectivity index (χ4n) is 1.96. The van der Waals surface area contributed by atoms with Gasteiger partial charge in [-0.05, 0) is 35.9 Å². The molecule has 100 valence electrons. The summed E-state index contributed by atoms with van der Waals surface area (Å²) in [5, 5.41) is 9.16. The van der Waals surface area contributed by atoms with E-state index in [1.165, 1.54) is 16.2 Å². The Morgan fingerprint density at radius 1 is 1.37 bits per heavy atom. The number of carboxylic acid groups (broad SMARTS) is 1. The molecule has 0 aliphatic carbocycles. The summed E-state index contributed by atoms with van der Waals surface area (Å²) in [5.41, 5.74) is 8.30. The van der Waals surface area contributed by atoms with Crippen molar-refractivity contribution in [2.24, 2.45) is 0 Å². The molecule has 0 spiro atoms. The summed E-state index contributed by atoms with van der Waals surface area (Å²) in [5.74, 6) is -0.954. The van der Waals surface area contributed by atoms with Gasteiger partial charge in [-0.15, -0.1) is 23.1 Å². The second kappa shape index (κ2) is 5.67. The number of nitrogen functional groups attached to an aromatic ring is 1. The maximum Gasteiger partial charge on any atom is 0.348 e. The Hall–Kier alpha value is -1.46. The monoisotopic (exact) mass is 293 g/mol. The maximum atomic E-state index is 11.2. The van der Waals surface area contributed by atoms with Gasteiger partial charge in [0.2, 0.25) is 0 Å². The SMILES string of the molecule is CCc1c(-c2ccc(SC)cc2)sc(C(=O)O)c1N. The van der Waals surface area contributed by atoms with Gasteiger partial charge in [0.1, 0.15) is 4.88 Å². The van der Waals surface area contributed by atoms with Crippen LogP contribution in [0.2, 0.25) is 0 Å². The molecular weight excluding hydrogens is 278 g/mol. The fourth-order valence-corrected chi connectivity index (χ4v) is 3.53. The molecule has 19 heavy (non-hydrogen) atoms. The first-order valence-electron chi connectivity index (χ1n) is 5.87. The number of thiophene rings is 1. The Balaban J connectivity index is 2.54. The fraction of sp³-hybridized carbons (Fsp3) is 0.214. The van der Waals surface area contributed by atoms with Crippen LogP contribution in [0.4, 0.5) is 5.69 Å². The lowest BCUT2D eigenvalue weighted by Gasteiger charge is -2.03. The van der Waals surface area contributed by atoms with Crippen molar-refractivity contribution < 1.29 is 9.90 Å². The number of hydrogen-bond acceptors (Lipinski definition) is 4. The number of aromatic carboxylic acids is 1. The summed E-state index contributed by atoms with van der Waals surface area (Å²) in [7, 11) is 0. The molecule has 0 radical (unpaired) electrons. The lowest BCUT2D eigenvalue weighted by Crippen LogP contribution is -1.99. The van der Waals surface area contributed by atoms with Gasteiger partial charge in [0.15, 0.2) is 0 Å². The minimum absolute atomic E-state index is 0.237. The second-order valence-corrected chi connectivity index (χ2v) is 5.94. The first kappa shape index (κ1) is 14.0. The van der Waals surface area contributed by atoms with Gasteiger partial charge in [-0.25, -0.2) is 4.79 Å². The number of hydrogen-bond donors (Lipinski definition) is 2. The molecule has 3 nitrogen and oxygen atoms in total. The van der Waals surface area contributed by atoms with E-state index in [9.17, 15) is 4.79 Å². The summed E-state index contributed by atoms with van der Waals surface area (Å²) >= 11 is 2.93. The molecule has 2 rings (SSSR count). The Labute approximate surface area is 120 Å². The van der Waals surface area contributed by atoms with E-state index in [1.807, 2.05) is 37.4 Å². The van der Waals surface area contributed by atoms with E-state index in [-0.39, 0.29) is 4.88 Å². The Morgan fingerprint density at radius 2 is 2.00 bits per heavy atom. The highest BCUT2D eigenvalue weighted by Crippen LogP contribution is 2.39. The van der Waals surface area contributed by atoms with Gasteiger partial charge in [-0.3, -0.25) is 0 Å². The van der Waals surface area contributed by atoms with Crippen LogP contribution >= 0.6 is 23.1 Å². The van der Waals surface area contributed by atoms with Crippen molar-refractivity contribution in [2.45, 2.75) is 18.2 Å². The highest BCUT2D eigenvalue weighted by Gasteiger charge is 2.20. The van der Waals surface area contributed by atoms with E-state index in [0.29, 0.717) is 5.69 Å². The quantitative estimate of drug-likeness (QED) is 0.837. The van der Waals surface area contributed by atoms with Crippen molar-refractivity contribution >= 4 is 34.8 Å². The van der Waals surface area contributed by atoms with Crippen molar-refractivity contribution in [3.05, 3.63) is 34.7 Å². The Kier molecular flexibility index (Phi) is 4.17. The molecule has 2 aromatic rings. The molecule has 0 saturated carbocycles. The first-order chi connectivity index (χ1) is 9.08. The molecule has 1 heterocycles. The van der Waals surface area contributed by atoms with Gasteiger partial charge in [-0.1, -0.05) is 19.1 Å². The van der Waals surface area contributed by atoms with E-state index < -0.39 is 5.97 Å². The van der Waals surface area contributed by atoms with Crippen LogP contribution in [0.1, 0.15) is 22.2 Å². The standard InChI is InChI=1S/C14H15NO2S2/c1-3-10-11(15)13(14(16)17)19-12(10)8-4-6-9(18-2)7-5-8/h4-7H,3,15H2,1-2H3,(H,16,17). The van der Waals surface area contributed by atoms with Crippen molar-refractivity contribution in [1.29, 1.82) is 0 Å². The lowest BCUT2D eigenvalue weighted by atomic mass is 10.1. The van der Waals surface area contributed by atoms with Gasteiger partial charge in [0.05, 0.1) is 5.69 Å². The van der Waals surface area contributed by atoms with Crippen molar-refractivity contribution in [2.75, 3.05) is 12.0 Å². The van der Waals surface area contributed by atoms with Crippen LogP contribution < -0.4 is 5.73 Å². The van der Waals surface area contributed by atoms with Crippen LogP contribution in [0.25, 0.3) is 10.4 Å². The Morgan fingerprint density at radius 3 is 2.47 bits per heavy atom. The third kappa shape index (κ3) is 2.62. The van der Waals surface area contributed by atoms with Crippen LogP contribution in [-0.4, -0.2) is 17.3 Å². The predicted molar refractivity (Wildman–Crippen MR) is 82.3 cm³/mol. The normalized spacial score (nSPS) is 10.6. The number of carbonyl (C=O) groups is 1. The molecule has 5 heteroatoms. The van der Waals surface area contributed by atoms with Crippen molar-refractivity contribution in [3.63, 3.8) is 0 Å². The zero-order valence-electron chi connectivity index (χ0n) is 10.8. The van der Waals surface area contributed by atoms with E-state index in [1.54, 1.807) is 11.8 Å². The lowest BCUT2D eigenvalue weighted by molar-refractivity contribution is 0.0703. The minimum Gasteiger partial charge on any atom is -0.477 e. The molecule has 1 aromatic heterocycles. The molecule has 0 saturated heterocycles. The van der Waals surface area contributed by atoms with Crippen LogP contribution in [0.5, 0.6) is 0 Å². The molecule has 0 atom stereocenters. The number of thioether (sulfide) groups is 1. The molecular formula is C14H15NO2S2. The van der Waals surface area contributed by atoms with Crippen LogP contribution in [-0.2, 0) is 6.42 Å². The van der Waals surface area contributed by atoms with Crippen molar-refractivity contribution in [3.8, 4) is 10.4 Å². The van der Waals surface area contributed by atoms with E-state index in [4.69, 9.17) is 10.8 Å². The second-order valence-electron chi connectivity index (χ2n) is 4.04. The van der Waals surface area contributed by atoms with Crippen LogP contribution in [0.3, 0.4) is 0 Å². The van der Waals surface area contributed by atoms with Gasteiger partial charge in [0.25, 0.3) is 0 Å². The van der Waals surface area contributed by atoms with Crippen LogP contribution in [0, 0.1) is 0 Å². The number of carboxylic acids is 1. The molecule has 0 aliphatic rings. The zero-order chi connectivity index (χ0) is 14.0. The average Bonchev–Trinajstić information content (AvgIpc) is 2.76. The highest BCUT2D eigenvalue weighted by atomic mass is 32.2. The first-order valence-corrected chi connectivity index (χ1v) is 7.91. The summed E-state index contributed by atoms with van der Waals surface area (Å²) in [6, 6.07) is 8.11. The number of benzene rings is 1.